The van der Waals surface area contributed by atoms with Crippen molar-refractivity contribution >= 4 is 23.6 Å². The summed E-state index contributed by atoms with van der Waals surface area (Å²) >= 11 is 0. The fourth-order valence-corrected chi connectivity index (χ4v) is 2.36. The van der Waals surface area contributed by atoms with Gasteiger partial charge < -0.3 is 10.6 Å². The Kier molecular flexibility index (Phi) is 4.73. The van der Waals surface area contributed by atoms with E-state index in [0.717, 1.165) is 4.90 Å². The summed E-state index contributed by atoms with van der Waals surface area (Å²) in [5.74, 6) is -1.91. The van der Waals surface area contributed by atoms with Gasteiger partial charge in [-0.1, -0.05) is 12.1 Å². The van der Waals surface area contributed by atoms with Crippen LogP contribution >= 0.6 is 0 Å². The van der Waals surface area contributed by atoms with E-state index < -0.39 is 35.8 Å². The van der Waals surface area contributed by atoms with Crippen molar-refractivity contribution in [1.29, 1.82) is 0 Å². The number of fused-ring (bicyclic) bond motifs is 1. The summed E-state index contributed by atoms with van der Waals surface area (Å²) in [5, 5.41) is 5.25. The van der Waals surface area contributed by atoms with Crippen LogP contribution in [0.1, 0.15) is 48.4 Å². The number of hydrogen-bond donors (Lipinski definition) is 2. The fourth-order valence-electron chi connectivity index (χ4n) is 2.36. The highest BCUT2D eigenvalue weighted by molar-refractivity contribution is 6.22. The SMILES string of the molecule is CC(NC(=O)CN1C(=O)c2ccccc2C1=O)C(=O)NC(C)(C)C. The third kappa shape index (κ3) is 3.79. The van der Waals surface area contributed by atoms with Crippen LogP contribution in [0.15, 0.2) is 24.3 Å². The van der Waals surface area contributed by atoms with Crippen molar-refractivity contribution in [2.45, 2.75) is 39.3 Å². The zero-order valence-electron chi connectivity index (χ0n) is 14.2. The van der Waals surface area contributed by atoms with E-state index in [4.69, 9.17) is 0 Å². The third-order valence-electron chi connectivity index (χ3n) is 3.45. The van der Waals surface area contributed by atoms with Gasteiger partial charge in [0.2, 0.25) is 11.8 Å². The van der Waals surface area contributed by atoms with Crippen LogP contribution < -0.4 is 10.6 Å². The van der Waals surface area contributed by atoms with E-state index in [0.29, 0.717) is 0 Å². The summed E-state index contributed by atoms with van der Waals surface area (Å²) in [6.07, 6.45) is 0. The Bertz CT molecular complexity index is 671. The topological polar surface area (TPSA) is 95.6 Å². The minimum Gasteiger partial charge on any atom is -0.350 e. The summed E-state index contributed by atoms with van der Waals surface area (Å²) < 4.78 is 0. The molecule has 2 rings (SSSR count). The van der Waals surface area contributed by atoms with Crippen LogP contribution in [-0.4, -0.2) is 46.7 Å². The maximum absolute atomic E-state index is 12.2. The number of amides is 4. The van der Waals surface area contributed by atoms with Gasteiger partial charge in [0.1, 0.15) is 12.6 Å². The molecular formula is C17H21N3O4. The van der Waals surface area contributed by atoms with Crippen molar-refractivity contribution in [3.8, 4) is 0 Å². The van der Waals surface area contributed by atoms with E-state index in [9.17, 15) is 19.2 Å². The molecule has 2 N–H and O–H groups in total. The number of carbonyl (C=O) groups is 4. The van der Waals surface area contributed by atoms with Crippen molar-refractivity contribution in [2.75, 3.05) is 6.54 Å². The zero-order valence-corrected chi connectivity index (χ0v) is 14.2. The summed E-state index contributed by atoms with van der Waals surface area (Å²) in [7, 11) is 0. The van der Waals surface area contributed by atoms with Crippen molar-refractivity contribution < 1.29 is 19.2 Å². The number of imide groups is 1. The van der Waals surface area contributed by atoms with Crippen LogP contribution in [0.25, 0.3) is 0 Å². The van der Waals surface area contributed by atoms with Crippen LogP contribution in [0.3, 0.4) is 0 Å². The molecule has 1 aromatic rings. The molecule has 0 radical (unpaired) electrons. The number of benzene rings is 1. The third-order valence-corrected chi connectivity index (χ3v) is 3.45. The largest absolute Gasteiger partial charge is 0.350 e. The molecule has 0 saturated heterocycles. The summed E-state index contributed by atoms with van der Waals surface area (Å²) in [6.45, 7) is 6.62. The molecule has 0 aromatic heterocycles. The van der Waals surface area contributed by atoms with E-state index >= 15 is 0 Å². The highest BCUT2D eigenvalue weighted by Crippen LogP contribution is 2.21. The first-order valence-corrected chi connectivity index (χ1v) is 7.67. The van der Waals surface area contributed by atoms with Gasteiger partial charge in [0.05, 0.1) is 11.1 Å². The van der Waals surface area contributed by atoms with Crippen LogP contribution in [0.5, 0.6) is 0 Å². The molecule has 1 unspecified atom stereocenters. The molecule has 7 heteroatoms. The Morgan fingerprint density at radius 2 is 1.58 bits per heavy atom. The average molecular weight is 331 g/mol. The quantitative estimate of drug-likeness (QED) is 0.794. The number of carbonyl (C=O) groups excluding carboxylic acids is 4. The van der Waals surface area contributed by atoms with E-state index in [2.05, 4.69) is 10.6 Å². The number of hydrogen-bond acceptors (Lipinski definition) is 4. The number of nitrogens with one attached hydrogen (secondary N) is 2. The van der Waals surface area contributed by atoms with Crippen LogP contribution in [0.4, 0.5) is 0 Å². The van der Waals surface area contributed by atoms with Gasteiger partial charge in [-0.2, -0.15) is 0 Å². The maximum atomic E-state index is 12.2. The molecule has 4 amide bonds. The lowest BCUT2D eigenvalue weighted by atomic mass is 10.1. The van der Waals surface area contributed by atoms with Gasteiger partial charge in [0, 0.05) is 5.54 Å². The van der Waals surface area contributed by atoms with Gasteiger partial charge in [-0.3, -0.25) is 24.1 Å². The average Bonchev–Trinajstić information content (AvgIpc) is 2.71. The monoisotopic (exact) mass is 331 g/mol. The molecule has 1 aromatic carbocycles. The normalized spacial score (nSPS) is 15.1. The molecule has 0 aliphatic carbocycles. The van der Waals surface area contributed by atoms with Gasteiger partial charge in [-0.15, -0.1) is 0 Å². The maximum Gasteiger partial charge on any atom is 0.262 e. The first kappa shape index (κ1) is 17.7. The highest BCUT2D eigenvalue weighted by Gasteiger charge is 2.36. The van der Waals surface area contributed by atoms with E-state index in [1.165, 1.54) is 0 Å². The second kappa shape index (κ2) is 6.43. The lowest BCUT2D eigenvalue weighted by Gasteiger charge is -2.24. The first-order chi connectivity index (χ1) is 11.1. The summed E-state index contributed by atoms with van der Waals surface area (Å²) in [5.41, 5.74) is 0.154. The Morgan fingerprint density at radius 1 is 1.08 bits per heavy atom. The second-order valence-corrected chi connectivity index (χ2v) is 6.77. The van der Waals surface area contributed by atoms with Crippen LogP contribution in [0.2, 0.25) is 0 Å². The molecular weight excluding hydrogens is 310 g/mol. The standard InChI is InChI=1S/C17H21N3O4/c1-10(14(22)19-17(2,3)4)18-13(21)9-20-15(23)11-7-5-6-8-12(11)16(20)24/h5-8,10H,9H2,1-4H3,(H,18,21)(H,19,22). The zero-order chi connectivity index (χ0) is 18.1. The van der Waals surface area contributed by atoms with Crippen LogP contribution in [-0.2, 0) is 9.59 Å². The molecule has 1 aliphatic rings. The Labute approximate surface area is 140 Å². The van der Waals surface area contributed by atoms with Gasteiger partial charge in [-0.05, 0) is 39.8 Å². The molecule has 0 fully saturated rings. The molecule has 1 aliphatic heterocycles. The molecule has 0 spiro atoms. The van der Waals surface area contributed by atoms with Crippen LogP contribution in [0, 0.1) is 0 Å². The summed E-state index contributed by atoms with van der Waals surface area (Å²) in [6, 6.07) is 5.64. The van der Waals surface area contributed by atoms with Crippen molar-refractivity contribution in [3.05, 3.63) is 35.4 Å². The predicted molar refractivity (Wildman–Crippen MR) is 87.3 cm³/mol. The number of nitrogens with zero attached hydrogens (tertiary/aromatic N) is 1. The fraction of sp³-hybridized carbons (Fsp3) is 0.412. The van der Waals surface area contributed by atoms with Gasteiger partial charge in [0.15, 0.2) is 0 Å². The Balaban J connectivity index is 1.98. The first-order valence-electron chi connectivity index (χ1n) is 7.67. The Morgan fingerprint density at radius 3 is 2.04 bits per heavy atom. The molecule has 128 valence electrons. The lowest BCUT2D eigenvalue weighted by Crippen LogP contribution is -2.52. The van der Waals surface area contributed by atoms with Gasteiger partial charge in [0.25, 0.3) is 11.8 Å². The van der Waals surface area contributed by atoms with E-state index in [1.807, 2.05) is 20.8 Å². The lowest BCUT2D eigenvalue weighted by molar-refractivity contribution is -0.129. The van der Waals surface area contributed by atoms with E-state index in [-0.39, 0.29) is 17.0 Å². The van der Waals surface area contributed by atoms with Gasteiger partial charge >= 0.3 is 0 Å². The predicted octanol–water partition coefficient (Wildman–Crippen LogP) is 0.702. The smallest absolute Gasteiger partial charge is 0.262 e. The minimum atomic E-state index is -0.771. The van der Waals surface area contributed by atoms with Crippen molar-refractivity contribution in [2.24, 2.45) is 0 Å². The van der Waals surface area contributed by atoms with Crippen molar-refractivity contribution in [3.63, 3.8) is 0 Å². The minimum absolute atomic E-state index is 0.286. The molecule has 1 heterocycles. The highest BCUT2D eigenvalue weighted by atomic mass is 16.2. The number of rotatable bonds is 4. The Hall–Kier alpha value is -2.70. The summed E-state index contributed by atoms with van der Waals surface area (Å²) in [4.78, 5) is 49.3. The molecule has 1 atom stereocenters. The second-order valence-electron chi connectivity index (χ2n) is 6.77. The molecule has 0 bridgehead atoms. The van der Waals surface area contributed by atoms with E-state index in [1.54, 1.807) is 31.2 Å². The molecule has 0 saturated carbocycles. The molecule has 7 nitrogen and oxygen atoms in total. The van der Waals surface area contributed by atoms with Gasteiger partial charge in [-0.25, -0.2) is 0 Å². The van der Waals surface area contributed by atoms with Crippen molar-refractivity contribution in [1.82, 2.24) is 15.5 Å². The molecule has 24 heavy (non-hydrogen) atoms.